The fraction of sp³-hybridized carbons (Fsp3) is 0.812. The molecule has 0 unspecified atom stereocenters. The summed E-state index contributed by atoms with van der Waals surface area (Å²) in [6.07, 6.45) is 26.2. The van der Waals surface area contributed by atoms with Gasteiger partial charge in [0.25, 0.3) is 0 Å². The quantitative estimate of drug-likeness (QED) is 0.350. The van der Waals surface area contributed by atoms with Crippen molar-refractivity contribution in [1.82, 2.24) is 5.32 Å². The van der Waals surface area contributed by atoms with E-state index in [4.69, 9.17) is 0 Å². The van der Waals surface area contributed by atoms with Crippen LogP contribution in [0.5, 0.6) is 0 Å². The van der Waals surface area contributed by atoms with Gasteiger partial charge in [0.2, 0.25) is 0 Å². The maximum atomic E-state index is 3.46. The van der Waals surface area contributed by atoms with Gasteiger partial charge < -0.3 is 5.32 Å². The highest BCUT2D eigenvalue weighted by atomic mass is 14.9. The Balaban J connectivity index is 1.12. The van der Waals surface area contributed by atoms with E-state index >= 15 is 0 Å². The van der Waals surface area contributed by atoms with Crippen LogP contribution in [-0.4, -0.2) is 13.1 Å². The third kappa shape index (κ3) is 7.58. The minimum Gasteiger partial charge on any atom is -0.317 e. The van der Waals surface area contributed by atoms with Crippen LogP contribution in [-0.2, 0) is 6.42 Å². The maximum absolute atomic E-state index is 3.46. The van der Waals surface area contributed by atoms with Crippen LogP contribution in [0.2, 0.25) is 0 Å². The molecule has 0 atom stereocenters. The molecule has 0 aliphatic heterocycles. The molecule has 0 heterocycles. The lowest BCUT2D eigenvalue weighted by Gasteiger charge is -2.38. The van der Waals surface area contributed by atoms with Gasteiger partial charge in [0.15, 0.2) is 0 Å². The Hall–Kier alpha value is -0.820. The SMILES string of the molecule is CCCCCC1CCC(C2CCC(CCc3ccc(C4CCC(NC)CC4)cc3)CC2)CC1. The molecule has 1 aromatic carbocycles. The summed E-state index contributed by atoms with van der Waals surface area (Å²) in [5.74, 6) is 4.99. The highest BCUT2D eigenvalue weighted by Crippen LogP contribution is 2.43. The lowest BCUT2D eigenvalue weighted by atomic mass is 9.68. The van der Waals surface area contributed by atoms with Crippen LogP contribution in [0.1, 0.15) is 133 Å². The molecule has 1 nitrogen and oxygen atoms in total. The summed E-state index contributed by atoms with van der Waals surface area (Å²) >= 11 is 0. The smallest absolute Gasteiger partial charge is 0.00644 e. The first-order valence-electron chi connectivity index (χ1n) is 15.0. The summed E-state index contributed by atoms with van der Waals surface area (Å²) in [5, 5.41) is 3.46. The monoisotopic (exact) mass is 451 g/mol. The molecule has 1 heteroatoms. The molecule has 0 amide bonds. The molecule has 1 N–H and O–H groups in total. The topological polar surface area (TPSA) is 12.0 Å². The van der Waals surface area contributed by atoms with E-state index in [1.165, 1.54) is 89.9 Å². The van der Waals surface area contributed by atoms with Gasteiger partial charge in [0.05, 0.1) is 0 Å². The summed E-state index contributed by atoms with van der Waals surface area (Å²) in [7, 11) is 2.12. The fourth-order valence-corrected chi connectivity index (χ4v) is 7.62. The number of nitrogens with one attached hydrogen (secondary N) is 1. The third-order valence-corrected chi connectivity index (χ3v) is 10.1. The maximum Gasteiger partial charge on any atom is 0.00644 e. The molecule has 3 aliphatic carbocycles. The summed E-state index contributed by atoms with van der Waals surface area (Å²) in [6.45, 7) is 2.33. The predicted molar refractivity (Wildman–Crippen MR) is 144 cm³/mol. The summed E-state index contributed by atoms with van der Waals surface area (Å²) in [4.78, 5) is 0. The van der Waals surface area contributed by atoms with Crippen LogP contribution in [0.15, 0.2) is 24.3 Å². The zero-order valence-electron chi connectivity index (χ0n) is 22.0. The second-order valence-electron chi connectivity index (χ2n) is 12.2. The van der Waals surface area contributed by atoms with Crippen molar-refractivity contribution in [2.75, 3.05) is 7.05 Å². The van der Waals surface area contributed by atoms with E-state index in [2.05, 4.69) is 43.6 Å². The Morgan fingerprint density at radius 1 is 0.667 bits per heavy atom. The third-order valence-electron chi connectivity index (χ3n) is 10.1. The van der Waals surface area contributed by atoms with Gasteiger partial charge in [-0.05, 0) is 112 Å². The molecule has 3 aliphatic rings. The van der Waals surface area contributed by atoms with E-state index in [-0.39, 0.29) is 0 Å². The van der Waals surface area contributed by atoms with Crippen LogP contribution in [0.4, 0.5) is 0 Å². The van der Waals surface area contributed by atoms with Gasteiger partial charge in [0.1, 0.15) is 0 Å². The number of rotatable bonds is 10. The van der Waals surface area contributed by atoms with E-state index in [0.29, 0.717) is 0 Å². The largest absolute Gasteiger partial charge is 0.317 e. The first-order valence-corrected chi connectivity index (χ1v) is 15.0. The van der Waals surface area contributed by atoms with Gasteiger partial charge in [-0.25, -0.2) is 0 Å². The average molecular weight is 452 g/mol. The lowest BCUT2D eigenvalue weighted by Crippen LogP contribution is -2.29. The molecule has 3 saturated carbocycles. The summed E-state index contributed by atoms with van der Waals surface area (Å²) in [6, 6.07) is 10.6. The van der Waals surface area contributed by atoms with Crippen molar-refractivity contribution >= 4 is 0 Å². The highest BCUT2D eigenvalue weighted by molar-refractivity contribution is 5.26. The van der Waals surface area contributed by atoms with E-state index < -0.39 is 0 Å². The van der Waals surface area contributed by atoms with Gasteiger partial charge in [-0.3, -0.25) is 0 Å². The molecule has 3 fully saturated rings. The van der Waals surface area contributed by atoms with Crippen molar-refractivity contribution in [3.63, 3.8) is 0 Å². The standard InChI is InChI=1S/C32H53N/c1-3-4-5-6-25-9-15-28(16-10-25)29-17-11-26(12-18-29)7-8-27-13-19-30(20-14-27)31-21-23-32(33-2)24-22-31/h13-14,19-20,25-26,28-29,31-33H,3-12,15-18,21-24H2,1-2H3. The zero-order chi connectivity index (χ0) is 22.9. The van der Waals surface area contributed by atoms with E-state index in [1.807, 2.05) is 0 Å². The minimum atomic E-state index is 0.751. The number of aryl methyl sites for hydroxylation is 1. The molecule has 33 heavy (non-hydrogen) atoms. The van der Waals surface area contributed by atoms with Crippen molar-refractivity contribution in [2.45, 2.75) is 134 Å². The van der Waals surface area contributed by atoms with E-state index in [0.717, 1.165) is 35.6 Å². The van der Waals surface area contributed by atoms with Gasteiger partial charge in [-0.2, -0.15) is 0 Å². The van der Waals surface area contributed by atoms with Crippen LogP contribution in [0, 0.1) is 23.7 Å². The minimum absolute atomic E-state index is 0.751. The first-order chi connectivity index (χ1) is 16.2. The summed E-state index contributed by atoms with van der Waals surface area (Å²) < 4.78 is 0. The van der Waals surface area contributed by atoms with Crippen LogP contribution >= 0.6 is 0 Å². The summed E-state index contributed by atoms with van der Waals surface area (Å²) in [5.41, 5.74) is 3.17. The molecule has 0 radical (unpaired) electrons. The second-order valence-corrected chi connectivity index (χ2v) is 12.2. The van der Waals surface area contributed by atoms with Crippen molar-refractivity contribution in [3.8, 4) is 0 Å². The van der Waals surface area contributed by atoms with E-state index in [9.17, 15) is 0 Å². The molecule has 0 aromatic heterocycles. The Morgan fingerprint density at radius 3 is 1.79 bits per heavy atom. The van der Waals surface area contributed by atoms with Gasteiger partial charge in [0, 0.05) is 6.04 Å². The zero-order valence-corrected chi connectivity index (χ0v) is 22.0. The first kappa shape index (κ1) is 25.3. The Bertz CT molecular complexity index is 640. The molecule has 0 spiro atoms. The fourth-order valence-electron chi connectivity index (χ4n) is 7.62. The number of hydrogen-bond donors (Lipinski definition) is 1. The van der Waals surface area contributed by atoms with Gasteiger partial charge >= 0.3 is 0 Å². The average Bonchev–Trinajstić information content (AvgIpc) is 2.89. The number of hydrogen-bond acceptors (Lipinski definition) is 1. The van der Waals surface area contributed by atoms with Crippen LogP contribution < -0.4 is 5.32 Å². The van der Waals surface area contributed by atoms with Crippen molar-refractivity contribution in [1.29, 1.82) is 0 Å². The molecule has 0 bridgehead atoms. The van der Waals surface area contributed by atoms with Gasteiger partial charge in [-0.15, -0.1) is 0 Å². The van der Waals surface area contributed by atoms with Crippen LogP contribution in [0.3, 0.4) is 0 Å². The van der Waals surface area contributed by atoms with Crippen LogP contribution in [0.25, 0.3) is 0 Å². The molecular weight excluding hydrogens is 398 g/mol. The normalized spacial score (nSPS) is 33.2. The number of benzene rings is 1. The van der Waals surface area contributed by atoms with Crippen molar-refractivity contribution < 1.29 is 0 Å². The number of unbranched alkanes of at least 4 members (excludes halogenated alkanes) is 2. The Kier molecular flexibility index (Phi) is 10.2. The Labute approximate surface area is 205 Å². The molecule has 186 valence electrons. The predicted octanol–water partition coefficient (Wildman–Crippen LogP) is 9.06. The highest BCUT2D eigenvalue weighted by Gasteiger charge is 2.30. The molecule has 0 saturated heterocycles. The molecule has 4 rings (SSSR count). The van der Waals surface area contributed by atoms with Gasteiger partial charge in [-0.1, -0.05) is 82.6 Å². The van der Waals surface area contributed by atoms with Crippen molar-refractivity contribution in [2.24, 2.45) is 23.7 Å². The van der Waals surface area contributed by atoms with E-state index in [1.54, 1.807) is 36.8 Å². The Morgan fingerprint density at radius 2 is 1.24 bits per heavy atom. The lowest BCUT2D eigenvalue weighted by molar-refractivity contribution is 0.140. The molecular formula is C32H53N. The van der Waals surface area contributed by atoms with Crippen molar-refractivity contribution in [3.05, 3.63) is 35.4 Å². The molecule has 1 aromatic rings. The second kappa shape index (κ2) is 13.3.